The summed E-state index contributed by atoms with van der Waals surface area (Å²) in [5, 5.41) is 2.74. The van der Waals surface area contributed by atoms with Crippen LogP contribution in [0.5, 0.6) is 0 Å². The van der Waals surface area contributed by atoms with Crippen LogP contribution in [0.25, 0.3) is 10.2 Å². The second-order valence-electron chi connectivity index (χ2n) is 5.81. The number of nitrogens with two attached hydrogens (primary N) is 1. The van der Waals surface area contributed by atoms with E-state index in [9.17, 15) is 0 Å². The molecule has 0 amide bonds. The summed E-state index contributed by atoms with van der Waals surface area (Å²) in [6.45, 7) is 0. The average Bonchev–Trinajstić information content (AvgIpc) is 3.05. The molecule has 0 saturated heterocycles. The first-order valence-corrected chi connectivity index (χ1v) is 9.25. The molecule has 0 radical (unpaired) electrons. The molecule has 0 aromatic carbocycles. The third-order valence-electron chi connectivity index (χ3n) is 4.40. The third kappa shape index (κ3) is 2.21. The van der Waals surface area contributed by atoms with Crippen molar-refractivity contribution in [2.45, 2.75) is 61.8 Å². The Labute approximate surface area is 127 Å². The van der Waals surface area contributed by atoms with Crippen molar-refractivity contribution in [1.29, 1.82) is 0 Å². The Balaban J connectivity index is 1.73. The lowest BCUT2D eigenvalue weighted by molar-refractivity contribution is 0.700. The summed E-state index contributed by atoms with van der Waals surface area (Å²) in [6, 6.07) is 0. The van der Waals surface area contributed by atoms with Crippen LogP contribution >= 0.6 is 23.1 Å². The Morgan fingerprint density at radius 2 is 1.85 bits per heavy atom. The van der Waals surface area contributed by atoms with Gasteiger partial charge in [0.15, 0.2) is 5.16 Å². The van der Waals surface area contributed by atoms with E-state index < -0.39 is 0 Å². The molecule has 0 bridgehead atoms. The number of nitrogen functional groups attached to an aromatic ring is 1. The maximum atomic E-state index is 6.24. The summed E-state index contributed by atoms with van der Waals surface area (Å²) in [5.74, 6) is 0.704. The maximum absolute atomic E-state index is 6.24. The summed E-state index contributed by atoms with van der Waals surface area (Å²) in [6.07, 6.45) is 10.2. The largest absolute Gasteiger partial charge is 0.383 e. The molecular formula is C15H19N3S2. The van der Waals surface area contributed by atoms with Crippen molar-refractivity contribution in [3.05, 3.63) is 10.4 Å². The van der Waals surface area contributed by atoms with Gasteiger partial charge in [-0.2, -0.15) is 0 Å². The van der Waals surface area contributed by atoms with Crippen LogP contribution in [0.2, 0.25) is 0 Å². The van der Waals surface area contributed by atoms with Crippen molar-refractivity contribution in [3.8, 4) is 0 Å². The van der Waals surface area contributed by atoms with Gasteiger partial charge in [-0.15, -0.1) is 11.3 Å². The van der Waals surface area contributed by atoms with E-state index in [1.807, 2.05) is 23.1 Å². The van der Waals surface area contributed by atoms with Crippen molar-refractivity contribution in [2.24, 2.45) is 0 Å². The van der Waals surface area contributed by atoms with E-state index in [4.69, 9.17) is 10.7 Å². The predicted octanol–water partition coefficient (Wildman–Crippen LogP) is 4.19. The van der Waals surface area contributed by atoms with Crippen molar-refractivity contribution >= 4 is 39.1 Å². The van der Waals surface area contributed by atoms with Crippen LogP contribution in [0.4, 0.5) is 5.82 Å². The van der Waals surface area contributed by atoms with Gasteiger partial charge < -0.3 is 5.73 Å². The fourth-order valence-corrected chi connectivity index (χ4v) is 5.86. The molecule has 3 nitrogen and oxygen atoms in total. The normalized spacial score (nSPS) is 19.6. The van der Waals surface area contributed by atoms with E-state index in [0.717, 1.165) is 21.8 Å². The van der Waals surface area contributed by atoms with Crippen LogP contribution in [0.1, 0.15) is 49.0 Å². The van der Waals surface area contributed by atoms with Gasteiger partial charge in [-0.3, -0.25) is 0 Å². The Bertz CT molecular complexity index is 644. The quantitative estimate of drug-likeness (QED) is 0.845. The number of nitrogens with zero attached hydrogens (tertiary/aromatic N) is 2. The topological polar surface area (TPSA) is 51.8 Å². The maximum Gasteiger partial charge on any atom is 0.191 e. The lowest BCUT2D eigenvalue weighted by Crippen LogP contribution is -2.02. The summed E-state index contributed by atoms with van der Waals surface area (Å²) >= 11 is 3.67. The minimum Gasteiger partial charge on any atom is -0.383 e. The van der Waals surface area contributed by atoms with Gasteiger partial charge in [-0.05, 0) is 44.1 Å². The van der Waals surface area contributed by atoms with Gasteiger partial charge in [0.1, 0.15) is 10.6 Å². The first kappa shape index (κ1) is 12.9. The molecular weight excluding hydrogens is 286 g/mol. The Hall–Kier alpha value is -0.810. The van der Waals surface area contributed by atoms with E-state index in [1.165, 1.54) is 55.4 Å². The van der Waals surface area contributed by atoms with Gasteiger partial charge in [-0.25, -0.2) is 9.97 Å². The van der Waals surface area contributed by atoms with E-state index in [2.05, 4.69) is 4.98 Å². The molecule has 106 valence electrons. The molecule has 4 rings (SSSR count). The molecule has 1 fully saturated rings. The fraction of sp³-hybridized carbons (Fsp3) is 0.600. The van der Waals surface area contributed by atoms with Gasteiger partial charge in [0.25, 0.3) is 0 Å². The van der Waals surface area contributed by atoms with Crippen molar-refractivity contribution in [3.63, 3.8) is 0 Å². The summed E-state index contributed by atoms with van der Waals surface area (Å²) in [4.78, 5) is 12.0. The minimum absolute atomic E-state index is 0.696. The molecule has 2 aromatic heterocycles. The van der Waals surface area contributed by atoms with E-state index >= 15 is 0 Å². The summed E-state index contributed by atoms with van der Waals surface area (Å²) in [7, 11) is 0. The number of aryl methyl sites for hydroxylation is 2. The van der Waals surface area contributed by atoms with Crippen LogP contribution < -0.4 is 5.73 Å². The highest BCUT2D eigenvalue weighted by Gasteiger charge is 2.22. The zero-order chi connectivity index (χ0) is 13.5. The Kier molecular flexibility index (Phi) is 3.34. The zero-order valence-electron chi connectivity index (χ0n) is 11.5. The predicted molar refractivity (Wildman–Crippen MR) is 86.6 cm³/mol. The average molecular weight is 305 g/mol. The lowest BCUT2D eigenvalue weighted by atomic mass is 9.97. The van der Waals surface area contributed by atoms with Gasteiger partial charge in [0.2, 0.25) is 0 Å². The minimum atomic E-state index is 0.696. The highest BCUT2D eigenvalue weighted by molar-refractivity contribution is 7.99. The van der Waals surface area contributed by atoms with E-state index in [-0.39, 0.29) is 0 Å². The molecule has 2 heterocycles. The van der Waals surface area contributed by atoms with Crippen LogP contribution in [-0.4, -0.2) is 15.2 Å². The van der Waals surface area contributed by atoms with Gasteiger partial charge in [0.05, 0.1) is 5.39 Å². The number of aromatic nitrogens is 2. The molecule has 0 atom stereocenters. The van der Waals surface area contributed by atoms with Crippen LogP contribution in [-0.2, 0) is 12.8 Å². The molecule has 2 aliphatic carbocycles. The number of thioether (sulfide) groups is 1. The standard InChI is InChI=1S/C15H19N3S2/c16-13-12-10-7-3-4-8-11(10)20-14(12)18-15(17-13)19-9-5-1-2-6-9/h9H,1-8H2,(H2,16,17,18). The third-order valence-corrected chi connectivity index (χ3v) is 6.78. The van der Waals surface area contributed by atoms with Crippen LogP contribution in [0.15, 0.2) is 5.16 Å². The summed E-state index contributed by atoms with van der Waals surface area (Å²) < 4.78 is 0. The number of hydrogen-bond acceptors (Lipinski definition) is 5. The van der Waals surface area contributed by atoms with Crippen molar-refractivity contribution in [1.82, 2.24) is 9.97 Å². The van der Waals surface area contributed by atoms with Gasteiger partial charge in [0, 0.05) is 10.1 Å². The molecule has 0 spiro atoms. The molecule has 5 heteroatoms. The molecule has 2 N–H and O–H groups in total. The first-order chi connectivity index (χ1) is 9.81. The van der Waals surface area contributed by atoms with Crippen LogP contribution in [0.3, 0.4) is 0 Å². The number of anilines is 1. The van der Waals surface area contributed by atoms with Crippen molar-refractivity contribution in [2.75, 3.05) is 5.73 Å². The Morgan fingerprint density at radius 1 is 1.05 bits per heavy atom. The smallest absolute Gasteiger partial charge is 0.191 e. The molecule has 2 aliphatic rings. The molecule has 2 aromatic rings. The highest BCUT2D eigenvalue weighted by atomic mass is 32.2. The highest BCUT2D eigenvalue weighted by Crippen LogP contribution is 2.40. The number of rotatable bonds is 2. The van der Waals surface area contributed by atoms with E-state index in [0.29, 0.717) is 11.1 Å². The Morgan fingerprint density at radius 3 is 2.70 bits per heavy atom. The summed E-state index contributed by atoms with van der Waals surface area (Å²) in [5.41, 5.74) is 7.68. The van der Waals surface area contributed by atoms with Gasteiger partial charge >= 0.3 is 0 Å². The lowest BCUT2D eigenvalue weighted by Gasteiger charge is -2.11. The van der Waals surface area contributed by atoms with Crippen molar-refractivity contribution < 1.29 is 0 Å². The number of fused-ring (bicyclic) bond motifs is 3. The second kappa shape index (κ2) is 5.19. The molecule has 20 heavy (non-hydrogen) atoms. The number of hydrogen-bond donors (Lipinski definition) is 1. The van der Waals surface area contributed by atoms with Crippen LogP contribution in [0, 0.1) is 0 Å². The first-order valence-electron chi connectivity index (χ1n) is 7.55. The number of thiophene rings is 1. The monoisotopic (exact) mass is 305 g/mol. The molecule has 0 aliphatic heterocycles. The van der Waals surface area contributed by atoms with Gasteiger partial charge in [-0.1, -0.05) is 24.6 Å². The fourth-order valence-electron chi connectivity index (χ4n) is 3.37. The van der Waals surface area contributed by atoms with E-state index in [1.54, 1.807) is 0 Å². The second-order valence-corrected chi connectivity index (χ2v) is 8.16. The zero-order valence-corrected chi connectivity index (χ0v) is 13.2. The molecule has 0 unspecified atom stereocenters. The SMILES string of the molecule is Nc1nc(SC2CCCC2)nc2sc3c(c12)CCCC3. The molecule has 1 saturated carbocycles.